The van der Waals surface area contributed by atoms with Gasteiger partial charge in [-0.2, -0.15) is 5.26 Å². The minimum Gasteiger partial charge on any atom is -0.394 e. The number of nitriles is 1. The molecule has 6 nitrogen and oxygen atoms in total. The van der Waals surface area contributed by atoms with Gasteiger partial charge in [0.25, 0.3) is 5.91 Å². The fraction of sp³-hybridized carbons (Fsp3) is 0.375. The van der Waals surface area contributed by atoms with Crippen LogP contribution in [0.1, 0.15) is 34.7 Å². The normalized spacial score (nSPS) is 22.7. The highest BCUT2D eigenvalue weighted by Gasteiger charge is 2.54. The van der Waals surface area contributed by atoms with E-state index in [-0.39, 0.29) is 30.3 Å². The van der Waals surface area contributed by atoms with Crippen LogP contribution in [0.5, 0.6) is 0 Å². The molecule has 4 rings (SSSR count). The van der Waals surface area contributed by atoms with Crippen LogP contribution in [-0.4, -0.2) is 59.5 Å². The van der Waals surface area contributed by atoms with Crippen molar-refractivity contribution in [1.29, 1.82) is 5.26 Å². The second-order valence-electron chi connectivity index (χ2n) is 8.24. The van der Waals surface area contributed by atoms with Gasteiger partial charge in [0.2, 0.25) is 5.91 Å². The number of carbonyl (C=O) groups excluding carboxylic acids is 2. The Morgan fingerprint density at radius 1 is 1.17 bits per heavy atom. The number of hydrogen-bond donors (Lipinski definition) is 1. The standard InChI is InChI=1S/C24H25N3O3/c1-26(2)23(29)17-7-5-6-16(12-17)18-8-3-4-9-19(18)22-20(13-25)27(21(22)14-28)24(30)15-10-11-15/h3-9,12,15,20-22,28H,10-11,14H2,1-2H3/t20-,21-,22+/m1/s1. The number of aliphatic hydroxyl groups is 1. The van der Waals surface area contributed by atoms with Crippen LogP contribution < -0.4 is 0 Å². The quantitative estimate of drug-likeness (QED) is 0.832. The highest BCUT2D eigenvalue weighted by Crippen LogP contribution is 2.46. The molecule has 2 aliphatic rings. The zero-order valence-electron chi connectivity index (χ0n) is 17.2. The molecular formula is C24H25N3O3. The first kappa shape index (κ1) is 20.1. The molecule has 0 aromatic heterocycles. The Morgan fingerprint density at radius 3 is 2.53 bits per heavy atom. The number of aliphatic hydroxyl groups excluding tert-OH is 1. The molecule has 2 amide bonds. The number of rotatable bonds is 5. The molecule has 2 aromatic carbocycles. The molecule has 0 bridgehead atoms. The first-order chi connectivity index (χ1) is 14.5. The monoisotopic (exact) mass is 403 g/mol. The lowest BCUT2D eigenvalue weighted by atomic mass is 9.73. The SMILES string of the molecule is CN(C)C(=O)c1cccc(-c2ccccc2[C@H]2[C@@H](C#N)N(C(=O)C3CC3)[C@@H]2CO)c1. The Balaban J connectivity index is 1.72. The van der Waals surface area contributed by atoms with Gasteiger partial charge >= 0.3 is 0 Å². The van der Waals surface area contributed by atoms with Crippen LogP contribution in [0.4, 0.5) is 0 Å². The predicted molar refractivity (Wildman–Crippen MR) is 112 cm³/mol. The summed E-state index contributed by atoms with van der Waals surface area (Å²) in [7, 11) is 3.43. The van der Waals surface area contributed by atoms with Gasteiger partial charge in [0.05, 0.1) is 18.7 Å². The van der Waals surface area contributed by atoms with E-state index in [1.165, 1.54) is 4.90 Å². The van der Waals surface area contributed by atoms with Gasteiger partial charge in [0.1, 0.15) is 6.04 Å². The van der Waals surface area contributed by atoms with Crippen LogP contribution >= 0.6 is 0 Å². The minimum atomic E-state index is -0.594. The number of carbonyl (C=O) groups is 2. The first-order valence-corrected chi connectivity index (χ1v) is 10.2. The number of likely N-dealkylation sites (tertiary alicyclic amines) is 1. The summed E-state index contributed by atoms with van der Waals surface area (Å²) >= 11 is 0. The van der Waals surface area contributed by atoms with Crippen molar-refractivity contribution in [2.24, 2.45) is 5.92 Å². The summed E-state index contributed by atoms with van der Waals surface area (Å²) in [6.45, 7) is -0.186. The average molecular weight is 403 g/mol. The van der Waals surface area contributed by atoms with Crippen LogP contribution in [0.25, 0.3) is 11.1 Å². The molecule has 3 atom stereocenters. The summed E-state index contributed by atoms with van der Waals surface area (Å²) in [5.74, 6) is -0.373. The van der Waals surface area contributed by atoms with Gasteiger partial charge in [-0.05, 0) is 41.7 Å². The van der Waals surface area contributed by atoms with Crippen LogP contribution in [0, 0.1) is 17.2 Å². The number of nitrogens with zero attached hydrogens (tertiary/aromatic N) is 3. The summed E-state index contributed by atoms with van der Waals surface area (Å²) in [6, 6.07) is 16.4. The van der Waals surface area contributed by atoms with Gasteiger partial charge in [-0.15, -0.1) is 0 Å². The van der Waals surface area contributed by atoms with Crippen molar-refractivity contribution in [3.05, 3.63) is 59.7 Å². The van der Waals surface area contributed by atoms with E-state index in [0.29, 0.717) is 5.56 Å². The van der Waals surface area contributed by atoms with Crippen LogP contribution in [0.3, 0.4) is 0 Å². The molecule has 0 spiro atoms. The molecule has 1 aliphatic carbocycles. The van der Waals surface area contributed by atoms with E-state index in [9.17, 15) is 20.0 Å². The van der Waals surface area contributed by atoms with Crippen molar-refractivity contribution in [1.82, 2.24) is 9.80 Å². The maximum absolute atomic E-state index is 12.7. The lowest BCUT2D eigenvalue weighted by molar-refractivity contribution is -0.148. The maximum atomic E-state index is 12.7. The molecule has 1 aliphatic heterocycles. The Labute approximate surface area is 176 Å². The van der Waals surface area contributed by atoms with Gasteiger partial charge in [0, 0.05) is 31.5 Å². The van der Waals surface area contributed by atoms with Crippen molar-refractivity contribution >= 4 is 11.8 Å². The second-order valence-corrected chi connectivity index (χ2v) is 8.24. The van der Waals surface area contributed by atoms with Gasteiger partial charge in [-0.3, -0.25) is 9.59 Å². The molecule has 1 saturated heterocycles. The molecule has 2 aromatic rings. The highest BCUT2D eigenvalue weighted by molar-refractivity contribution is 5.95. The number of hydrogen-bond acceptors (Lipinski definition) is 4. The van der Waals surface area contributed by atoms with E-state index in [1.54, 1.807) is 25.1 Å². The summed E-state index contributed by atoms with van der Waals surface area (Å²) in [5, 5.41) is 19.9. The Kier molecular flexibility index (Phi) is 5.31. The fourth-order valence-corrected chi connectivity index (χ4v) is 4.35. The smallest absolute Gasteiger partial charge is 0.253 e. The van der Waals surface area contributed by atoms with E-state index >= 15 is 0 Å². The fourth-order valence-electron chi connectivity index (χ4n) is 4.35. The third kappa shape index (κ3) is 3.35. The molecule has 30 heavy (non-hydrogen) atoms. The van der Waals surface area contributed by atoms with Crippen molar-refractivity contribution in [2.45, 2.75) is 30.8 Å². The summed E-state index contributed by atoms with van der Waals surface area (Å²) in [5.41, 5.74) is 3.28. The summed E-state index contributed by atoms with van der Waals surface area (Å²) in [4.78, 5) is 28.2. The molecule has 1 saturated carbocycles. The molecule has 1 heterocycles. The van der Waals surface area contributed by atoms with Gasteiger partial charge < -0.3 is 14.9 Å². The second kappa shape index (κ2) is 7.92. The molecule has 0 radical (unpaired) electrons. The highest BCUT2D eigenvalue weighted by atomic mass is 16.3. The Morgan fingerprint density at radius 2 is 1.90 bits per heavy atom. The van der Waals surface area contributed by atoms with E-state index < -0.39 is 12.1 Å². The van der Waals surface area contributed by atoms with Crippen LogP contribution in [0.15, 0.2) is 48.5 Å². The number of amides is 2. The van der Waals surface area contributed by atoms with E-state index in [1.807, 2.05) is 42.5 Å². The van der Waals surface area contributed by atoms with Gasteiger partial charge in [0.15, 0.2) is 0 Å². The van der Waals surface area contributed by atoms with Crippen molar-refractivity contribution < 1.29 is 14.7 Å². The predicted octanol–water partition coefficient (Wildman–Crippen LogP) is 2.64. The van der Waals surface area contributed by atoms with Crippen molar-refractivity contribution in [3.63, 3.8) is 0 Å². The Bertz CT molecular complexity index is 1020. The third-order valence-corrected chi connectivity index (χ3v) is 6.06. The van der Waals surface area contributed by atoms with Crippen molar-refractivity contribution in [2.75, 3.05) is 20.7 Å². The van der Waals surface area contributed by atoms with Gasteiger partial charge in [-0.25, -0.2) is 0 Å². The average Bonchev–Trinajstić information content (AvgIpc) is 3.59. The van der Waals surface area contributed by atoms with Crippen LogP contribution in [-0.2, 0) is 4.79 Å². The zero-order valence-corrected chi connectivity index (χ0v) is 17.2. The van der Waals surface area contributed by atoms with Gasteiger partial charge in [-0.1, -0.05) is 36.4 Å². The lowest BCUT2D eigenvalue weighted by Gasteiger charge is -2.52. The molecule has 1 N–H and O–H groups in total. The summed E-state index contributed by atoms with van der Waals surface area (Å²) < 4.78 is 0. The lowest BCUT2D eigenvalue weighted by Crippen LogP contribution is -2.65. The third-order valence-electron chi connectivity index (χ3n) is 6.06. The molecule has 0 unspecified atom stereocenters. The first-order valence-electron chi connectivity index (χ1n) is 10.2. The summed E-state index contributed by atoms with van der Waals surface area (Å²) in [6.07, 6.45) is 1.72. The molecule has 154 valence electrons. The number of benzene rings is 2. The topological polar surface area (TPSA) is 84.6 Å². The van der Waals surface area contributed by atoms with E-state index in [0.717, 1.165) is 29.5 Å². The van der Waals surface area contributed by atoms with E-state index in [2.05, 4.69) is 6.07 Å². The minimum absolute atomic E-state index is 0.000166. The van der Waals surface area contributed by atoms with E-state index in [4.69, 9.17) is 0 Å². The van der Waals surface area contributed by atoms with Crippen molar-refractivity contribution in [3.8, 4) is 17.2 Å². The Hall–Kier alpha value is -3.17. The molecular weight excluding hydrogens is 378 g/mol. The largest absolute Gasteiger partial charge is 0.394 e. The maximum Gasteiger partial charge on any atom is 0.253 e. The molecule has 6 heteroatoms. The molecule has 2 fully saturated rings. The zero-order chi connectivity index (χ0) is 21.4. The van der Waals surface area contributed by atoms with Crippen LogP contribution in [0.2, 0.25) is 0 Å².